The first-order chi connectivity index (χ1) is 12.7. The lowest BCUT2D eigenvalue weighted by Gasteiger charge is -2.40. The van der Waals surface area contributed by atoms with Crippen LogP contribution in [0.5, 0.6) is 0 Å². The third-order valence-electron chi connectivity index (χ3n) is 4.96. The molecule has 1 aliphatic rings. The van der Waals surface area contributed by atoms with Crippen LogP contribution in [0.4, 0.5) is 0 Å². The molecule has 0 saturated carbocycles. The predicted octanol–water partition coefficient (Wildman–Crippen LogP) is 3.66. The van der Waals surface area contributed by atoms with E-state index in [0.717, 1.165) is 6.61 Å². The first-order valence-corrected chi connectivity index (χ1v) is 10.1. The van der Waals surface area contributed by atoms with Gasteiger partial charge in [0.05, 0.1) is 32.5 Å². The van der Waals surface area contributed by atoms with Crippen LogP contribution in [0, 0.1) is 10.8 Å². The second-order valence-corrected chi connectivity index (χ2v) is 9.15. The van der Waals surface area contributed by atoms with Crippen LogP contribution in [0.25, 0.3) is 0 Å². The normalized spacial score (nSPS) is 27.1. The summed E-state index contributed by atoms with van der Waals surface area (Å²) in [5.74, 6) is 0. The van der Waals surface area contributed by atoms with E-state index < -0.39 is 0 Å². The van der Waals surface area contributed by atoms with Gasteiger partial charge in [0.2, 0.25) is 0 Å². The van der Waals surface area contributed by atoms with Crippen LogP contribution in [-0.2, 0) is 28.4 Å². The summed E-state index contributed by atoms with van der Waals surface area (Å²) in [5, 5.41) is 0. The molecule has 0 aromatic heterocycles. The van der Waals surface area contributed by atoms with Crippen LogP contribution >= 0.6 is 0 Å². The summed E-state index contributed by atoms with van der Waals surface area (Å²) in [6.07, 6.45) is 2.19. The molecule has 0 amide bonds. The van der Waals surface area contributed by atoms with Crippen LogP contribution in [0.1, 0.15) is 53.9 Å². The Morgan fingerprint density at radius 3 is 2.15 bits per heavy atom. The van der Waals surface area contributed by atoms with Crippen molar-refractivity contribution in [3.8, 4) is 0 Å². The highest BCUT2D eigenvalue weighted by Gasteiger charge is 2.40. The third kappa shape index (κ3) is 8.75. The molecule has 162 valence electrons. The Hall–Kier alpha value is -0.240. The maximum atomic E-state index is 6.09. The Kier molecular flexibility index (Phi) is 10.7. The second kappa shape index (κ2) is 11.7. The van der Waals surface area contributed by atoms with Gasteiger partial charge in [-0.1, -0.05) is 41.0 Å². The average Bonchev–Trinajstić information content (AvgIpc) is 2.59. The summed E-state index contributed by atoms with van der Waals surface area (Å²) in [4.78, 5) is 0. The molecule has 1 heterocycles. The zero-order valence-corrected chi connectivity index (χ0v) is 18.7. The molecule has 4 atom stereocenters. The van der Waals surface area contributed by atoms with Gasteiger partial charge in [0.1, 0.15) is 12.2 Å². The van der Waals surface area contributed by atoms with Gasteiger partial charge in [-0.05, 0) is 11.8 Å². The fraction of sp³-hybridized carbons (Fsp3) is 1.00. The van der Waals surface area contributed by atoms with Crippen molar-refractivity contribution in [2.45, 2.75) is 78.5 Å². The van der Waals surface area contributed by atoms with E-state index in [-0.39, 0.29) is 35.4 Å². The molecule has 0 aromatic rings. The molecule has 1 saturated heterocycles. The fourth-order valence-electron chi connectivity index (χ4n) is 3.54. The van der Waals surface area contributed by atoms with E-state index in [2.05, 4.69) is 34.6 Å². The van der Waals surface area contributed by atoms with Crippen molar-refractivity contribution in [1.82, 2.24) is 0 Å². The third-order valence-corrected chi connectivity index (χ3v) is 4.96. The van der Waals surface area contributed by atoms with Gasteiger partial charge in [-0.3, -0.25) is 0 Å². The standard InChI is InChI=1S/C21H42O6/c1-9-10-20(2,3)13-25-14-21(4,5)15-26-18-11-16(23-7)19(24-8)17(27-18)12-22-6/h16-19H,9-15H2,1-8H3/t16-,17?,18?,19?/m1/s1. The molecular weight excluding hydrogens is 348 g/mol. The van der Waals surface area contributed by atoms with Crippen molar-refractivity contribution in [3.63, 3.8) is 0 Å². The van der Waals surface area contributed by atoms with E-state index in [1.54, 1.807) is 21.3 Å². The van der Waals surface area contributed by atoms with E-state index in [4.69, 9.17) is 28.4 Å². The lowest BCUT2D eigenvalue weighted by atomic mass is 9.89. The molecule has 3 unspecified atom stereocenters. The van der Waals surface area contributed by atoms with E-state index in [1.165, 1.54) is 12.8 Å². The number of hydrogen-bond acceptors (Lipinski definition) is 6. The zero-order valence-electron chi connectivity index (χ0n) is 18.7. The molecule has 1 aliphatic heterocycles. The Bertz CT molecular complexity index is 398. The van der Waals surface area contributed by atoms with E-state index in [9.17, 15) is 0 Å². The van der Waals surface area contributed by atoms with Gasteiger partial charge in [-0.15, -0.1) is 0 Å². The van der Waals surface area contributed by atoms with Crippen molar-refractivity contribution in [1.29, 1.82) is 0 Å². The lowest BCUT2D eigenvalue weighted by Crippen LogP contribution is -2.52. The second-order valence-electron chi connectivity index (χ2n) is 9.15. The SMILES string of the molecule is CCCC(C)(C)COCC(C)(C)COC1C[C@@H](OC)C(OC)C(COC)O1. The number of rotatable bonds is 13. The largest absolute Gasteiger partial charge is 0.382 e. The average molecular weight is 391 g/mol. The van der Waals surface area contributed by atoms with Crippen molar-refractivity contribution >= 4 is 0 Å². The van der Waals surface area contributed by atoms with E-state index in [0.29, 0.717) is 26.2 Å². The van der Waals surface area contributed by atoms with Gasteiger partial charge in [0, 0.05) is 33.2 Å². The minimum absolute atomic E-state index is 0.0805. The summed E-state index contributed by atoms with van der Waals surface area (Å²) in [6.45, 7) is 13.4. The summed E-state index contributed by atoms with van der Waals surface area (Å²) < 4.78 is 34.6. The summed E-state index contributed by atoms with van der Waals surface area (Å²) in [7, 11) is 5.02. The Morgan fingerprint density at radius 1 is 0.926 bits per heavy atom. The van der Waals surface area contributed by atoms with Crippen molar-refractivity contribution in [3.05, 3.63) is 0 Å². The van der Waals surface area contributed by atoms with Gasteiger partial charge in [0.15, 0.2) is 6.29 Å². The molecule has 6 heteroatoms. The first kappa shape index (κ1) is 24.8. The van der Waals surface area contributed by atoms with Gasteiger partial charge in [0.25, 0.3) is 0 Å². The van der Waals surface area contributed by atoms with Gasteiger partial charge in [-0.25, -0.2) is 0 Å². The van der Waals surface area contributed by atoms with Crippen LogP contribution in [-0.4, -0.2) is 72.4 Å². The van der Waals surface area contributed by atoms with Crippen molar-refractivity contribution < 1.29 is 28.4 Å². The zero-order chi connectivity index (χ0) is 20.5. The maximum absolute atomic E-state index is 6.09. The minimum Gasteiger partial charge on any atom is -0.382 e. The molecule has 27 heavy (non-hydrogen) atoms. The maximum Gasteiger partial charge on any atom is 0.160 e. The first-order valence-electron chi connectivity index (χ1n) is 10.1. The van der Waals surface area contributed by atoms with Crippen LogP contribution in [0.15, 0.2) is 0 Å². The van der Waals surface area contributed by atoms with Gasteiger partial charge >= 0.3 is 0 Å². The number of ether oxygens (including phenoxy) is 6. The van der Waals surface area contributed by atoms with Crippen molar-refractivity contribution in [2.75, 3.05) is 47.8 Å². The number of hydrogen-bond donors (Lipinski definition) is 0. The molecule has 0 aliphatic carbocycles. The van der Waals surface area contributed by atoms with E-state index >= 15 is 0 Å². The highest BCUT2D eigenvalue weighted by molar-refractivity contribution is 4.85. The molecule has 0 spiro atoms. The van der Waals surface area contributed by atoms with Crippen LogP contribution < -0.4 is 0 Å². The highest BCUT2D eigenvalue weighted by Crippen LogP contribution is 2.28. The quantitative estimate of drug-likeness (QED) is 0.478. The lowest BCUT2D eigenvalue weighted by molar-refractivity contribution is -0.272. The Balaban J connectivity index is 2.49. The summed E-state index contributed by atoms with van der Waals surface area (Å²) in [5.41, 5.74) is 0.121. The molecule has 0 aromatic carbocycles. The van der Waals surface area contributed by atoms with Crippen LogP contribution in [0.2, 0.25) is 0 Å². The fourth-order valence-corrected chi connectivity index (χ4v) is 3.54. The summed E-state index contributed by atoms with van der Waals surface area (Å²) >= 11 is 0. The molecule has 0 bridgehead atoms. The monoisotopic (exact) mass is 390 g/mol. The van der Waals surface area contributed by atoms with Crippen LogP contribution in [0.3, 0.4) is 0 Å². The smallest absolute Gasteiger partial charge is 0.160 e. The molecule has 1 fully saturated rings. The summed E-state index contributed by atoms with van der Waals surface area (Å²) in [6, 6.07) is 0. The van der Waals surface area contributed by atoms with Gasteiger partial charge < -0.3 is 28.4 Å². The topological polar surface area (TPSA) is 55.4 Å². The molecule has 0 N–H and O–H groups in total. The van der Waals surface area contributed by atoms with Crippen molar-refractivity contribution in [2.24, 2.45) is 10.8 Å². The minimum atomic E-state index is -0.336. The van der Waals surface area contributed by atoms with Gasteiger partial charge in [-0.2, -0.15) is 0 Å². The molecule has 0 radical (unpaired) electrons. The van der Waals surface area contributed by atoms with E-state index in [1.807, 2.05) is 0 Å². The Morgan fingerprint density at radius 2 is 1.59 bits per heavy atom. The molecule has 1 rings (SSSR count). The molecule has 6 nitrogen and oxygen atoms in total. The number of methoxy groups -OCH3 is 3. The molecular formula is C21H42O6. The Labute approximate surface area is 166 Å². The predicted molar refractivity (Wildman–Crippen MR) is 106 cm³/mol. The highest BCUT2D eigenvalue weighted by atomic mass is 16.7.